The van der Waals surface area contributed by atoms with Gasteiger partial charge in [-0.25, -0.2) is 9.98 Å². The van der Waals surface area contributed by atoms with E-state index in [1.165, 1.54) is 0 Å². The van der Waals surface area contributed by atoms with Gasteiger partial charge in [-0.05, 0) is 25.1 Å². The zero-order valence-electron chi connectivity index (χ0n) is 20.2. The summed E-state index contributed by atoms with van der Waals surface area (Å²) in [6.45, 7) is 4.66. The lowest BCUT2D eigenvalue weighted by Crippen LogP contribution is -2.37. The first-order chi connectivity index (χ1) is 18.2. The van der Waals surface area contributed by atoms with Crippen molar-refractivity contribution in [3.8, 4) is 11.5 Å². The lowest BCUT2D eigenvalue weighted by molar-refractivity contribution is -0.116. The van der Waals surface area contributed by atoms with Gasteiger partial charge in [0.1, 0.15) is 5.82 Å². The van der Waals surface area contributed by atoms with Gasteiger partial charge in [-0.15, -0.1) is 5.10 Å². The second kappa shape index (κ2) is 9.82. The zero-order chi connectivity index (χ0) is 25.2. The van der Waals surface area contributed by atoms with Crippen LogP contribution >= 0.6 is 0 Å². The Kier molecular flexibility index (Phi) is 6.07. The summed E-state index contributed by atoms with van der Waals surface area (Å²) in [5.41, 5.74) is 4.71. The minimum absolute atomic E-state index is 0.0887. The molecule has 0 radical (unpaired) electrons. The van der Waals surface area contributed by atoms with Crippen molar-refractivity contribution in [2.75, 3.05) is 41.8 Å². The number of benzene rings is 2. The van der Waals surface area contributed by atoms with Crippen LogP contribution in [0.2, 0.25) is 0 Å². The van der Waals surface area contributed by atoms with Crippen LogP contribution in [0.4, 0.5) is 17.5 Å². The second-order valence-electron chi connectivity index (χ2n) is 8.76. The molecule has 10 heteroatoms. The normalized spacial score (nSPS) is 17.4. The second-order valence-corrected chi connectivity index (χ2v) is 8.76. The standard InChI is InChI=1S/C27H25N7O3/c1-17-11-12-20(24(28-17)34-13-15-36-16-14-34)26-32-33-27(37-26)31-23-25(35)29-21-10-6-5-9-19(21)22(30-23)18-7-3-2-4-8-18/h2-12,23H,13-16H2,1H3,(H,29,35)(H,31,33). The van der Waals surface area contributed by atoms with Gasteiger partial charge in [0.25, 0.3) is 11.8 Å². The molecule has 1 saturated heterocycles. The van der Waals surface area contributed by atoms with Crippen molar-refractivity contribution in [1.29, 1.82) is 0 Å². The number of aliphatic imine (C=N–C) groups is 1. The van der Waals surface area contributed by atoms with Crippen LogP contribution in [0.25, 0.3) is 11.5 Å². The smallest absolute Gasteiger partial charge is 0.317 e. The van der Waals surface area contributed by atoms with Crippen LogP contribution in [0.15, 0.2) is 76.1 Å². The van der Waals surface area contributed by atoms with E-state index in [4.69, 9.17) is 19.1 Å². The SMILES string of the molecule is Cc1ccc(-c2nnc(NC3N=C(c4ccccc4)c4ccccc4NC3=O)o2)c(N2CCOCC2)n1. The number of ether oxygens (including phenoxy) is 1. The van der Waals surface area contributed by atoms with Crippen LogP contribution in [-0.2, 0) is 9.53 Å². The van der Waals surface area contributed by atoms with E-state index in [1.54, 1.807) is 0 Å². The molecule has 4 aromatic rings. The number of carbonyl (C=O) groups excluding carboxylic acids is 1. The van der Waals surface area contributed by atoms with E-state index < -0.39 is 6.17 Å². The highest BCUT2D eigenvalue weighted by atomic mass is 16.5. The lowest BCUT2D eigenvalue weighted by Gasteiger charge is -2.29. The number of hydrogen-bond donors (Lipinski definition) is 2. The van der Waals surface area contributed by atoms with Gasteiger partial charge in [-0.1, -0.05) is 53.6 Å². The summed E-state index contributed by atoms with van der Waals surface area (Å²) in [5, 5.41) is 14.4. The highest BCUT2D eigenvalue weighted by Gasteiger charge is 2.28. The number of para-hydroxylation sites is 1. The van der Waals surface area contributed by atoms with E-state index in [-0.39, 0.29) is 11.9 Å². The number of nitrogens with one attached hydrogen (secondary N) is 2. The Labute approximate surface area is 213 Å². The average molecular weight is 496 g/mol. The lowest BCUT2D eigenvalue weighted by atomic mass is 10.0. The van der Waals surface area contributed by atoms with Crippen molar-refractivity contribution < 1.29 is 13.9 Å². The van der Waals surface area contributed by atoms with Crippen molar-refractivity contribution >= 4 is 29.1 Å². The molecule has 2 aliphatic rings. The number of morpholine rings is 1. The monoisotopic (exact) mass is 495 g/mol. The fourth-order valence-corrected chi connectivity index (χ4v) is 4.41. The molecule has 0 spiro atoms. The number of rotatable bonds is 5. The van der Waals surface area contributed by atoms with E-state index in [1.807, 2.05) is 73.7 Å². The number of pyridine rings is 1. The molecule has 2 N–H and O–H groups in total. The molecule has 37 heavy (non-hydrogen) atoms. The molecular weight excluding hydrogens is 470 g/mol. The maximum Gasteiger partial charge on any atom is 0.317 e. The summed E-state index contributed by atoms with van der Waals surface area (Å²) in [6, 6.07) is 21.3. The summed E-state index contributed by atoms with van der Waals surface area (Å²) in [7, 11) is 0. The summed E-state index contributed by atoms with van der Waals surface area (Å²) >= 11 is 0. The number of carbonyl (C=O) groups is 1. The van der Waals surface area contributed by atoms with Gasteiger partial charge in [0.2, 0.25) is 6.17 Å². The Bertz CT molecular complexity index is 1460. The van der Waals surface area contributed by atoms with Crippen LogP contribution < -0.4 is 15.5 Å². The average Bonchev–Trinajstić information content (AvgIpc) is 3.35. The quantitative estimate of drug-likeness (QED) is 0.432. The van der Waals surface area contributed by atoms with Crippen LogP contribution in [0.3, 0.4) is 0 Å². The predicted octanol–water partition coefficient (Wildman–Crippen LogP) is 3.50. The first-order valence-corrected chi connectivity index (χ1v) is 12.1. The summed E-state index contributed by atoms with van der Waals surface area (Å²) in [6.07, 6.45) is -0.981. The molecule has 10 nitrogen and oxygen atoms in total. The molecule has 0 saturated carbocycles. The van der Waals surface area contributed by atoms with Crippen LogP contribution in [0.1, 0.15) is 16.8 Å². The molecule has 1 amide bonds. The number of anilines is 3. The van der Waals surface area contributed by atoms with Gasteiger partial charge in [0.15, 0.2) is 0 Å². The zero-order valence-corrected chi connectivity index (χ0v) is 20.2. The molecule has 6 rings (SSSR count). The largest absolute Gasteiger partial charge is 0.403 e. The molecule has 1 unspecified atom stereocenters. The number of hydrogen-bond acceptors (Lipinski definition) is 9. The Hall–Kier alpha value is -4.57. The highest BCUT2D eigenvalue weighted by Crippen LogP contribution is 2.31. The number of aromatic nitrogens is 3. The summed E-state index contributed by atoms with van der Waals surface area (Å²) in [4.78, 5) is 24.8. The Balaban J connectivity index is 1.32. The first-order valence-electron chi connectivity index (χ1n) is 12.1. The van der Waals surface area contributed by atoms with Gasteiger partial charge >= 0.3 is 6.01 Å². The summed E-state index contributed by atoms with van der Waals surface area (Å²) < 4.78 is 11.5. The molecule has 0 bridgehead atoms. The van der Waals surface area contributed by atoms with Crippen molar-refractivity contribution in [3.63, 3.8) is 0 Å². The molecule has 1 atom stereocenters. The maximum atomic E-state index is 13.1. The van der Waals surface area contributed by atoms with Crippen molar-refractivity contribution in [3.05, 3.63) is 83.6 Å². The van der Waals surface area contributed by atoms with Crippen molar-refractivity contribution in [1.82, 2.24) is 15.2 Å². The third-order valence-electron chi connectivity index (χ3n) is 6.23. The first kappa shape index (κ1) is 22.9. The number of nitrogens with zero attached hydrogens (tertiary/aromatic N) is 5. The number of amides is 1. The topological polar surface area (TPSA) is 118 Å². The van der Waals surface area contributed by atoms with Gasteiger partial charge in [0.05, 0.1) is 30.2 Å². The third kappa shape index (κ3) is 4.66. The van der Waals surface area contributed by atoms with Crippen molar-refractivity contribution in [2.24, 2.45) is 4.99 Å². The van der Waals surface area contributed by atoms with Crippen LogP contribution in [-0.4, -0.2) is 59.3 Å². The molecule has 186 valence electrons. The van der Waals surface area contributed by atoms with Gasteiger partial charge in [-0.2, -0.15) is 0 Å². The molecular formula is C27H25N7O3. The summed E-state index contributed by atoms with van der Waals surface area (Å²) in [5.74, 6) is 0.746. The van der Waals surface area contributed by atoms with E-state index in [9.17, 15) is 4.79 Å². The molecule has 2 aromatic heterocycles. The highest BCUT2D eigenvalue weighted by molar-refractivity contribution is 6.19. The molecule has 2 aliphatic heterocycles. The van der Waals surface area contributed by atoms with Gasteiger partial charge in [0, 0.05) is 29.9 Å². The minimum atomic E-state index is -0.981. The van der Waals surface area contributed by atoms with Crippen LogP contribution in [0.5, 0.6) is 0 Å². The van der Waals surface area contributed by atoms with Gasteiger partial charge in [-0.3, -0.25) is 4.79 Å². The van der Waals surface area contributed by atoms with E-state index in [0.717, 1.165) is 41.3 Å². The minimum Gasteiger partial charge on any atom is -0.403 e. The maximum absolute atomic E-state index is 13.1. The molecule has 4 heterocycles. The Morgan fingerprint density at radius 2 is 1.73 bits per heavy atom. The fraction of sp³-hybridized carbons (Fsp3) is 0.222. The predicted molar refractivity (Wildman–Crippen MR) is 140 cm³/mol. The Morgan fingerprint density at radius 3 is 2.57 bits per heavy atom. The van der Waals surface area contributed by atoms with E-state index in [0.29, 0.717) is 30.5 Å². The number of benzodiazepines with no additional fused rings is 1. The van der Waals surface area contributed by atoms with Crippen LogP contribution in [0, 0.1) is 6.92 Å². The van der Waals surface area contributed by atoms with E-state index in [2.05, 4.69) is 25.7 Å². The number of aryl methyl sites for hydroxylation is 1. The third-order valence-corrected chi connectivity index (χ3v) is 6.23. The molecule has 0 aliphatic carbocycles. The number of fused-ring (bicyclic) bond motifs is 1. The molecule has 1 fully saturated rings. The van der Waals surface area contributed by atoms with E-state index >= 15 is 0 Å². The fourth-order valence-electron chi connectivity index (χ4n) is 4.41. The van der Waals surface area contributed by atoms with Crippen molar-refractivity contribution in [2.45, 2.75) is 13.1 Å². The molecule has 2 aromatic carbocycles. The Morgan fingerprint density at radius 1 is 0.946 bits per heavy atom. The van der Waals surface area contributed by atoms with Gasteiger partial charge < -0.3 is 24.7 Å².